The Balaban J connectivity index is 1.38. The van der Waals surface area contributed by atoms with E-state index in [0.29, 0.717) is 67.9 Å². The maximum absolute atomic E-state index is 12.6. The van der Waals surface area contributed by atoms with Crippen LogP contribution < -0.4 is 15.4 Å². The SMILES string of the molecule is CCCOc1cccc(NC(=O)C(=O)NCCN2CCN(C(=O)c3ccccc3Cl)CC2)c1. The van der Waals surface area contributed by atoms with Gasteiger partial charge in [-0.05, 0) is 30.7 Å². The number of rotatable bonds is 8. The lowest BCUT2D eigenvalue weighted by Crippen LogP contribution is -2.50. The summed E-state index contributed by atoms with van der Waals surface area (Å²) in [6.45, 7) is 6.05. The van der Waals surface area contributed by atoms with Gasteiger partial charge in [0, 0.05) is 51.0 Å². The van der Waals surface area contributed by atoms with E-state index in [1.54, 1.807) is 53.4 Å². The highest BCUT2D eigenvalue weighted by molar-refractivity contribution is 6.39. The normalized spacial score (nSPS) is 13.9. The topological polar surface area (TPSA) is 91.0 Å². The minimum atomic E-state index is -0.724. The maximum Gasteiger partial charge on any atom is 0.313 e. The molecule has 1 aliphatic rings. The van der Waals surface area contributed by atoms with Crippen molar-refractivity contribution in [1.29, 1.82) is 0 Å². The molecule has 1 saturated heterocycles. The summed E-state index contributed by atoms with van der Waals surface area (Å²) in [6, 6.07) is 14.0. The van der Waals surface area contributed by atoms with Crippen molar-refractivity contribution in [2.24, 2.45) is 0 Å². The molecule has 3 amide bonds. The minimum Gasteiger partial charge on any atom is -0.494 e. The number of ether oxygens (including phenoxy) is 1. The Hall–Kier alpha value is -3.10. The Morgan fingerprint density at radius 3 is 2.48 bits per heavy atom. The lowest BCUT2D eigenvalue weighted by Gasteiger charge is -2.34. The first-order valence-corrected chi connectivity index (χ1v) is 11.4. The molecule has 2 N–H and O–H groups in total. The number of halogens is 1. The van der Waals surface area contributed by atoms with E-state index in [4.69, 9.17) is 16.3 Å². The quantitative estimate of drug-likeness (QED) is 0.576. The van der Waals surface area contributed by atoms with Gasteiger partial charge in [0.1, 0.15) is 5.75 Å². The molecular weight excluding hydrogens is 444 g/mol. The van der Waals surface area contributed by atoms with Crippen LogP contribution in [0.5, 0.6) is 5.75 Å². The molecule has 0 bridgehead atoms. The summed E-state index contributed by atoms with van der Waals surface area (Å²) in [7, 11) is 0. The third-order valence-electron chi connectivity index (χ3n) is 5.25. The second-order valence-electron chi connectivity index (χ2n) is 7.70. The molecule has 2 aromatic rings. The molecule has 8 nitrogen and oxygen atoms in total. The maximum atomic E-state index is 12.6. The van der Waals surface area contributed by atoms with Crippen molar-refractivity contribution in [3.63, 3.8) is 0 Å². The zero-order valence-electron chi connectivity index (χ0n) is 18.7. The van der Waals surface area contributed by atoms with E-state index < -0.39 is 11.8 Å². The first-order chi connectivity index (χ1) is 16.0. The molecule has 0 unspecified atom stereocenters. The van der Waals surface area contributed by atoms with Crippen LogP contribution in [0.1, 0.15) is 23.7 Å². The van der Waals surface area contributed by atoms with Crippen molar-refractivity contribution in [3.8, 4) is 5.75 Å². The van der Waals surface area contributed by atoms with Crippen molar-refractivity contribution in [1.82, 2.24) is 15.1 Å². The van der Waals surface area contributed by atoms with Gasteiger partial charge in [-0.1, -0.05) is 36.7 Å². The number of carbonyl (C=O) groups excluding carboxylic acids is 3. The molecule has 0 saturated carbocycles. The van der Waals surface area contributed by atoms with E-state index in [1.165, 1.54) is 0 Å². The number of nitrogens with one attached hydrogen (secondary N) is 2. The Bertz CT molecular complexity index is 976. The van der Waals surface area contributed by atoms with Crippen molar-refractivity contribution in [2.45, 2.75) is 13.3 Å². The predicted octanol–water partition coefficient (Wildman–Crippen LogP) is 2.64. The monoisotopic (exact) mass is 472 g/mol. The largest absolute Gasteiger partial charge is 0.494 e. The van der Waals surface area contributed by atoms with Gasteiger partial charge in [-0.2, -0.15) is 0 Å². The van der Waals surface area contributed by atoms with Crippen molar-refractivity contribution in [2.75, 3.05) is 51.2 Å². The summed E-state index contributed by atoms with van der Waals surface area (Å²) in [6.07, 6.45) is 0.881. The van der Waals surface area contributed by atoms with Crippen LogP contribution in [-0.4, -0.2) is 73.4 Å². The number of hydrogen-bond donors (Lipinski definition) is 2. The van der Waals surface area contributed by atoms with Crippen LogP contribution in [0.15, 0.2) is 48.5 Å². The molecule has 0 radical (unpaired) electrons. The summed E-state index contributed by atoms with van der Waals surface area (Å²) in [4.78, 5) is 40.9. The second kappa shape index (κ2) is 12.2. The standard InChI is InChI=1S/C24H29ClN4O4/c1-2-16-33-19-7-5-6-18(17-19)27-23(31)22(30)26-10-11-28-12-14-29(15-13-28)24(32)20-8-3-4-9-21(20)25/h3-9,17H,2,10-16H2,1H3,(H,26,30)(H,27,31). The first kappa shape index (κ1) is 24.5. The van der Waals surface area contributed by atoms with Gasteiger partial charge < -0.3 is 20.3 Å². The lowest BCUT2D eigenvalue weighted by molar-refractivity contribution is -0.136. The van der Waals surface area contributed by atoms with Crippen LogP contribution in [0.4, 0.5) is 5.69 Å². The number of hydrogen-bond acceptors (Lipinski definition) is 5. The Morgan fingerprint density at radius 2 is 1.76 bits per heavy atom. The zero-order valence-corrected chi connectivity index (χ0v) is 19.4. The van der Waals surface area contributed by atoms with Crippen molar-refractivity contribution in [3.05, 3.63) is 59.1 Å². The Kier molecular flexibility index (Phi) is 9.09. The number of nitrogens with zero attached hydrogens (tertiary/aromatic N) is 2. The summed E-state index contributed by atoms with van der Waals surface area (Å²) in [5.74, 6) is -0.850. The average Bonchev–Trinajstić information content (AvgIpc) is 2.83. The Labute approximate surface area is 198 Å². The molecule has 33 heavy (non-hydrogen) atoms. The number of amides is 3. The van der Waals surface area contributed by atoms with Crippen LogP contribution in [0, 0.1) is 0 Å². The van der Waals surface area contributed by atoms with Gasteiger partial charge in [0.05, 0.1) is 17.2 Å². The molecular formula is C24H29ClN4O4. The van der Waals surface area contributed by atoms with Crippen molar-refractivity contribution < 1.29 is 19.1 Å². The molecule has 0 aliphatic carbocycles. The fourth-order valence-corrected chi connectivity index (χ4v) is 3.68. The molecule has 2 aromatic carbocycles. The molecule has 1 aliphatic heterocycles. The van der Waals surface area contributed by atoms with Gasteiger partial charge in [0.15, 0.2) is 0 Å². The highest BCUT2D eigenvalue weighted by Gasteiger charge is 2.23. The van der Waals surface area contributed by atoms with E-state index >= 15 is 0 Å². The molecule has 176 valence electrons. The van der Waals surface area contributed by atoms with E-state index in [1.807, 2.05) is 6.92 Å². The second-order valence-corrected chi connectivity index (χ2v) is 8.11. The fourth-order valence-electron chi connectivity index (χ4n) is 3.46. The summed E-state index contributed by atoms with van der Waals surface area (Å²) in [5.41, 5.74) is 1.01. The first-order valence-electron chi connectivity index (χ1n) is 11.1. The Morgan fingerprint density at radius 1 is 1.00 bits per heavy atom. The van der Waals surface area contributed by atoms with Gasteiger partial charge in [0.25, 0.3) is 5.91 Å². The molecule has 0 aromatic heterocycles. The molecule has 3 rings (SSSR count). The average molecular weight is 473 g/mol. The van der Waals surface area contributed by atoms with Gasteiger partial charge in [-0.15, -0.1) is 0 Å². The number of carbonyl (C=O) groups is 3. The van der Waals surface area contributed by atoms with E-state index in [0.717, 1.165) is 6.42 Å². The highest BCUT2D eigenvalue weighted by Crippen LogP contribution is 2.18. The molecule has 0 atom stereocenters. The highest BCUT2D eigenvalue weighted by atomic mass is 35.5. The fraction of sp³-hybridized carbons (Fsp3) is 0.375. The van der Waals surface area contributed by atoms with Gasteiger partial charge in [0.2, 0.25) is 0 Å². The molecule has 9 heteroatoms. The van der Waals surface area contributed by atoms with E-state index in [2.05, 4.69) is 15.5 Å². The van der Waals surface area contributed by atoms with Gasteiger partial charge in [-0.25, -0.2) is 0 Å². The number of benzene rings is 2. The lowest BCUT2D eigenvalue weighted by atomic mass is 10.2. The predicted molar refractivity (Wildman–Crippen MR) is 128 cm³/mol. The van der Waals surface area contributed by atoms with E-state index in [9.17, 15) is 14.4 Å². The van der Waals surface area contributed by atoms with Gasteiger partial charge >= 0.3 is 11.8 Å². The summed E-state index contributed by atoms with van der Waals surface area (Å²) >= 11 is 6.13. The molecule has 1 heterocycles. The molecule has 0 spiro atoms. The summed E-state index contributed by atoms with van der Waals surface area (Å²) < 4.78 is 5.53. The minimum absolute atomic E-state index is 0.0746. The number of anilines is 1. The van der Waals surface area contributed by atoms with Crippen LogP contribution in [0.25, 0.3) is 0 Å². The van der Waals surface area contributed by atoms with Gasteiger partial charge in [-0.3, -0.25) is 19.3 Å². The van der Waals surface area contributed by atoms with Crippen molar-refractivity contribution >= 4 is 35.0 Å². The van der Waals surface area contributed by atoms with Crippen LogP contribution >= 0.6 is 11.6 Å². The molecule has 1 fully saturated rings. The van der Waals surface area contributed by atoms with Crippen LogP contribution in [0.3, 0.4) is 0 Å². The van der Waals surface area contributed by atoms with Crippen LogP contribution in [0.2, 0.25) is 5.02 Å². The van der Waals surface area contributed by atoms with Crippen LogP contribution in [-0.2, 0) is 9.59 Å². The zero-order chi connectivity index (χ0) is 23.6. The summed E-state index contributed by atoms with van der Waals surface area (Å²) in [5, 5.41) is 5.68. The third kappa shape index (κ3) is 7.20. The smallest absolute Gasteiger partial charge is 0.313 e. The van der Waals surface area contributed by atoms with E-state index in [-0.39, 0.29) is 5.91 Å². The number of piperazine rings is 1. The third-order valence-corrected chi connectivity index (χ3v) is 5.58.